The molecule has 0 amide bonds. The number of aliphatic hydroxyl groups excluding tert-OH is 1. The minimum absolute atomic E-state index is 0.0242. The van der Waals surface area contributed by atoms with Crippen LogP contribution in [0.4, 0.5) is 0 Å². The Balaban J connectivity index is 2.03. The normalized spacial score (nSPS) is 47.7. The van der Waals surface area contributed by atoms with E-state index in [9.17, 15) is 29.4 Å². The van der Waals surface area contributed by atoms with Gasteiger partial charge in [-0.2, -0.15) is 0 Å². The van der Waals surface area contributed by atoms with E-state index in [1.54, 1.807) is 26.0 Å². The Morgan fingerprint density at radius 3 is 2.16 bits per heavy atom. The van der Waals surface area contributed by atoms with Crippen LogP contribution in [0.1, 0.15) is 54.9 Å². The summed E-state index contributed by atoms with van der Waals surface area (Å²) in [6.07, 6.45) is -1.18. The molecule has 2 aliphatic heterocycles. The molecule has 1 unspecified atom stereocenters. The predicted molar refractivity (Wildman–Crippen MR) is 125 cm³/mol. The minimum Gasteiger partial charge on any atom is -0.461 e. The first-order chi connectivity index (χ1) is 17.0. The summed E-state index contributed by atoms with van der Waals surface area (Å²) in [5.41, 5.74) is -5.85. The van der Waals surface area contributed by atoms with E-state index in [0.717, 1.165) is 0 Å². The number of hydrogen-bond donors (Lipinski definition) is 2. The number of carbonyl (C=O) groups is 4. The monoisotopic (exact) mass is 522 g/mol. The number of aliphatic hydroxyl groups is 2. The zero-order valence-electron chi connectivity index (χ0n) is 22.0. The molecule has 4 rings (SSSR count). The third kappa shape index (κ3) is 3.98. The highest BCUT2D eigenvalue weighted by Gasteiger charge is 2.87. The van der Waals surface area contributed by atoms with Crippen molar-refractivity contribution in [3.8, 4) is 0 Å². The van der Waals surface area contributed by atoms with Crippen LogP contribution in [0.15, 0.2) is 23.8 Å². The smallest absolute Gasteiger partial charge is 0.342 e. The quantitative estimate of drug-likeness (QED) is 0.235. The molecule has 10 atom stereocenters. The van der Waals surface area contributed by atoms with Crippen molar-refractivity contribution in [2.75, 3.05) is 0 Å². The van der Waals surface area contributed by atoms with Crippen molar-refractivity contribution in [3.63, 3.8) is 0 Å². The Bertz CT molecular complexity index is 1090. The second kappa shape index (κ2) is 8.64. The molecule has 37 heavy (non-hydrogen) atoms. The van der Waals surface area contributed by atoms with Gasteiger partial charge < -0.3 is 33.9 Å². The van der Waals surface area contributed by atoms with E-state index in [1.807, 2.05) is 0 Å². The Morgan fingerprint density at radius 1 is 1.03 bits per heavy atom. The van der Waals surface area contributed by atoms with Gasteiger partial charge in [-0.05, 0) is 32.4 Å². The summed E-state index contributed by atoms with van der Waals surface area (Å²) in [6.45, 7) is 9.91. The van der Waals surface area contributed by atoms with E-state index in [-0.39, 0.29) is 6.42 Å². The average molecular weight is 523 g/mol. The van der Waals surface area contributed by atoms with Gasteiger partial charge in [-0.1, -0.05) is 19.1 Å². The van der Waals surface area contributed by atoms with Crippen LogP contribution in [0.5, 0.6) is 0 Å². The molecule has 2 N–H and O–H groups in total. The largest absolute Gasteiger partial charge is 0.461 e. The Labute approximate surface area is 214 Å². The first kappa shape index (κ1) is 27.3. The fourth-order valence-corrected chi connectivity index (χ4v) is 6.44. The molecule has 11 nitrogen and oxygen atoms in total. The molecule has 4 aliphatic rings. The SMILES string of the molecule is CC(=O)OC1[C@H]2[C@](C)(O)[C@H](O)C=C[C@]2(C)[C@@H](OC(C)=O)C[C@@H](OC(C)=O)/C(C)=C\[C@@H]2OC(=O)[C@]3(C)O[C@]123. The maximum atomic E-state index is 13.0. The van der Waals surface area contributed by atoms with E-state index in [1.165, 1.54) is 40.7 Å². The first-order valence-corrected chi connectivity index (χ1v) is 12.2. The average Bonchev–Trinajstić information content (AvgIpc) is 3.35. The standard InChI is InChI=1S/C26H34O11/c1-12-10-19-26(25(7,37-26)22(31)36-19)21(35-15(4)29)20-23(5,9-8-17(30)24(20,6)32)18(34-14(3)28)11-16(12)33-13(2)27/h8-10,16-21,30,32H,11H2,1-7H3/b12-10-/t16-,17-,18+,19+,20-,21?,23-,24-,25+,26+/m1/s1. The highest BCUT2D eigenvalue weighted by Crippen LogP contribution is 2.65. The zero-order chi connectivity index (χ0) is 27.7. The number of ether oxygens (including phenoxy) is 5. The molecule has 2 heterocycles. The van der Waals surface area contributed by atoms with Crippen LogP contribution in [0.3, 0.4) is 0 Å². The van der Waals surface area contributed by atoms with E-state index in [4.69, 9.17) is 23.7 Å². The molecular weight excluding hydrogens is 488 g/mol. The molecule has 0 aromatic heterocycles. The Hall–Kier alpha value is -2.76. The van der Waals surface area contributed by atoms with E-state index in [2.05, 4.69) is 0 Å². The molecular formula is C26H34O11. The fourth-order valence-electron chi connectivity index (χ4n) is 6.44. The van der Waals surface area contributed by atoms with Gasteiger partial charge in [0.2, 0.25) is 0 Å². The third-order valence-corrected chi connectivity index (χ3v) is 8.34. The molecule has 11 heteroatoms. The lowest BCUT2D eigenvalue weighted by atomic mass is 9.55. The molecule has 0 saturated carbocycles. The van der Waals surface area contributed by atoms with Gasteiger partial charge >= 0.3 is 23.9 Å². The lowest BCUT2D eigenvalue weighted by molar-refractivity contribution is -0.215. The molecule has 0 aromatic rings. The number of carbonyl (C=O) groups excluding carboxylic acids is 4. The van der Waals surface area contributed by atoms with Crippen molar-refractivity contribution in [1.82, 2.24) is 0 Å². The number of esters is 4. The van der Waals surface area contributed by atoms with E-state index in [0.29, 0.717) is 5.57 Å². The lowest BCUT2D eigenvalue weighted by Crippen LogP contribution is -2.67. The Kier molecular flexibility index (Phi) is 6.37. The molecule has 2 fully saturated rings. The summed E-state index contributed by atoms with van der Waals surface area (Å²) in [5, 5.41) is 22.6. The number of hydrogen-bond acceptors (Lipinski definition) is 11. The summed E-state index contributed by atoms with van der Waals surface area (Å²) in [6, 6.07) is 0. The highest BCUT2D eigenvalue weighted by molar-refractivity contribution is 5.89. The molecule has 0 radical (unpaired) electrons. The third-order valence-electron chi connectivity index (χ3n) is 8.34. The van der Waals surface area contributed by atoms with E-state index >= 15 is 0 Å². The van der Waals surface area contributed by atoms with Crippen molar-refractivity contribution in [2.45, 2.75) is 102 Å². The maximum Gasteiger partial charge on any atom is 0.342 e. The molecule has 0 bridgehead atoms. The van der Waals surface area contributed by atoms with Gasteiger partial charge in [0.15, 0.2) is 17.3 Å². The number of rotatable bonds is 3. The van der Waals surface area contributed by atoms with Crippen molar-refractivity contribution in [3.05, 3.63) is 23.8 Å². The van der Waals surface area contributed by atoms with Crippen LogP contribution in [0.2, 0.25) is 0 Å². The van der Waals surface area contributed by atoms with Crippen LogP contribution in [-0.2, 0) is 42.9 Å². The van der Waals surface area contributed by atoms with Gasteiger partial charge in [-0.25, -0.2) is 4.79 Å². The molecule has 1 spiro atoms. The van der Waals surface area contributed by atoms with Crippen molar-refractivity contribution in [1.29, 1.82) is 0 Å². The molecule has 0 aromatic carbocycles. The molecule has 204 valence electrons. The lowest BCUT2D eigenvalue weighted by Gasteiger charge is -2.54. The maximum absolute atomic E-state index is 13.0. The second-order valence-electron chi connectivity index (χ2n) is 11.0. The van der Waals surface area contributed by atoms with Crippen LogP contribution >= 0.6 is 0 Å². The minimum atomic E-state index is -1.95. The summed E-state index contributed by atoms with van der Waals surface area (Å²) in [7, 11) is 0. The van der Waals surface area contributed by atoms with Gasteiger partial charge in [0.25, 0.3) is 0 Å². The fraction of sp³-hybridized carbons (Fsp3) is 0.692. The van der Waals surface area contributed by atoms with Crippen molar-refractivity contribution in [2.24, 2.45) is 11.3 Å². The number of fused-ring (bicyclic) bond motifs is 1. The predicted octanol–water partition coefficient (Wildman–Crippen LogP) is 0.889. The van der Waals surface area contributed by atoms with Crippen LogP contribution < -0.4 is 0 Å². The van der Waals surface area contributed by atoms with Crippen LogP contribution in [0, 0.1) is 11.3 Å². The van der Waals surface area contributed by atoms with Gasteiger partial charge in [-0.3, -0.25) is 14.4 Å². The summed E-state index contributed by atoms with van der Waals surface area (Å²) >= 11 is 0. The van der Waals surface area contributed by atoms with Gasteiger partial charge in [0.1, 0.15) is 24.4 Å². The summed E-state index contributed by atoms with van der Waals surface area (Å²) < 4.78 is 28.9. The summed E-state index contributed by atoms with van der Waals surface area (Å²) in [5.74, 6) is -3.78. The van der Waals surface area contributed by atoms with Crippen molar-refractivity contribution < 1.29 is 53.1 Å². The highest BCUT2D eigenvalue weighted by atomic mass is 16.7. The van der Waals surface area contributed by atoms with Gasteiger partial charge in [0.05, 0.1) is 5.60 Å². The zero-order valence-corrected chi connectivity index (χ0v) is 22.0. The topological polar surface area (TPSA) is 158 Å². The van der Waals surface area contributed by atoms with Crippen molar-refractivity contribution >= 4 is 23.9 Å². The second-order valence-corrected chi connectivity index (χ2v) is 11.0. The summed E-state index contributed by atoms with van der Waals surface area (Å²) in [4.78, 5) is 49.7. The molecule has 2 saturated heterocycles. The Morgan fingerprint density at radius 2 is 1.62 bits per heavy atom. The molecule has 2 aliphatic carbocycles. The van der Waals surface area contributed by atoms with Gasteiger partial charge in [-0.15, -0.1) is 0 Å². The van der Waals surface area contributed by atoms with Crippen LogP contribution in [0.25, 0.3) is 0 Å². The van der Waals surface area contributed by atoms with Gasteiger partial charge in [0, 0.05) is 38.5 Å². The van der Waals surface area contributed by atoms with Crippen LogP contribution in [-0.4, -0.2) is 81.4 Å². The van der Waals surface area contributed by atoms with E-state index < -0.39 is 82.5 Å². The number of epoxide rings is 1. The first-order valence-electron chi connectivity index (χ1n) is 12.2.